The number of nitrogens with zero attached hydrogens (tertiary/aromatic N) is 2. The fourth-order valence-electron chi connectivity index (χ4n) is 2.40. The molecule has 5 heteroatoms. The smallest absolute Gasteiger partial charge is 0.251 e. The third kappa shape index (κ3) is 2.61. The summed E-state index contributed by atoms with van der Waals surface area (Å²) in [5.41, 5.74) is 0.841. The minimum atomic E-state index is 0.526. The molecule has 1 aliphatic rings. The van der Waals surface area contributed by atoms with Crippen LogP contribution < -0.4 is 10.1 Å². The summed E-state index contributed by atoms with van der Waals surface area (Å²) in [7, 11) is 1.64. The maximum Gasteiger partial charge on any atom is 0.251 e. The van der Waals surface area contributed by atoms with Gasteiger partial charge in [-0.05, 0) is 37.6 Å². The number of para-hydroxylation sites is 1. The van der Waals surface area contributed by atoms with Crippen molar-refractivity contribution in [3.8, 4) is 17.2 Å². The average molecular weight is 259 g/mol. The van der Waals surface area contributed by atoms with Crippen molar-refractivity contribution in [2.45, 2.75) is 12.8 Å². The molecule has 0 bridgehead atoms. The summed E-state index contributed by atoms with van der Waals surface area (Å²) in [5.74, 6) is 2.58. The molecule has 1 atom stereocenters. The summed E-state index contributed by atoms with van der Waals surface area (Å²) < 4.78 is 11.0. The molecule has 19 heavy (non-hydrogen) atoms. The Kier molecular flexibility index (Phi) is 3.46. The first-order chi connectivity index (χ1) is 9.36. The Bertz CT molecular complexity index is 547. The van der Waals surface area contributed by atoms with Crippen molar-refractivity contribution in [1.29, 1.82) is 0 Å². The van der Waals surface area contributed by atoms with E-state index < -0.39 is 0 Å². The molecule has 1 aromatic heterocycles. The van der Waals surface area contributed by atoms with E-state index >= 15 is 0 Å². The van der Waals surface area contributed by atoms with Gasteiger partial charge in [-0.1, -0.05) is 12.1 Å². The normalized spacial score (nSPS) is 18.7. The van der Waals surface area contributed by atoms with Crippen LogP contribution in [0.2, 0.25) is 0 Å². The van der Waals surface area contributed by atoms with Crippen LogP contribution in [0.25, 0.3) is 11.5 Å². The zero-order valence-corrected chi connectivity index (χ0v) is 10.9. The zero-order chi connectivity index (χ0) is 13.1. The molecule has 1 fully saturated rings. The van der Waals surface area contributed by atoms with Crippen LogP contribution in [0.5, 0.6) is 5.75 Å². The van der Waals surface area contributed by atoms with Gasteiger partial charge in [0.05, 0.1) is 12.7 Å². The second-order valence-corrected chi connectivity index (χ2v) is 4.76. The number of aromatic nitrogens is 2. The Balaban J connectivity index is 1.80. The molecule has 0 saturated carbocycles. The van der Waals surface area contributed by atoms with E-state index in [1.165, 1.54) is 6.42 Å². The van der Waals surface area contributed by atoms with Gasteiger partial charge < -0.3 is 14.5 Å². The van der Waals surface area contributed by atoms with Crippen LogP contribution in [-0.2, 0) is 6.42 Å². The molecule has 0 aliphatic carbocycles. The van der Waals surface area contributed by atoms with Crippen LogP contribution in [0.1, 0.15) is 12.3 Å². The topological polar surface area (TPSA) is 60.2 Å². The van der Waals surface area contributed by atoms with E-state index in [0.29, 0.717) is 17.7 Å². The molecule has 3 rings (SSSR count). The third-order valence-corrected chi connectivity index (χ3v) is 3.43. The van der Waals surface area contributed by atoms with Crippen LogP contribution in [0.4, 0.5) is 0 Å². The highest BCUT2D eigenvalue weighted by molar-refractivity contribution is 5.62. The largest absolute Gasteiger partial charge is 0.496 e. The summed E-state index contributed by atoms with van der Waals surface area (Å²) in [6.45, 7) is 2.12. The van der Waals surface area contributed by atoms with E-state index in [-0.39, 0.29) is 0 Å². The Morgan fingerprint density at radius 3 is 3.05 bits per heavy atom. The molecule has 100 valence electrons. The fourth-order valence-corrected chi connectivity index (χ4v) is 2.40. The Labute approximate surface area is 112 Å². The minimum absolute atomic E-state index is 0.526. The van der Waals surface area contributed by atoms with Crippen molar-refractivity contribution in [2.24, 2.45) is 5.92 Å². The van der Waals surface area contributed by atoms with Crippen LogP contribution >= 0.6 is 0 Å². The molecule has 5 nitrogen and oxygen atoms in total. The van der Waals surface area contributed by atoms with E-state index in [4.69, 9.17) is 9.15 Å². The summed E-state index contributed by atoms with van der Waals surface area (Å²) in [6.07, 6.45) is 2.02. The lowest BCUT2D eigenvalue weighted by atomic mass is 10.1. The Morgan fingerprint density at radius 1 is 1.37 bits per heavy atom. The molecule has 0 spiro atoms. The van der Waals surface area contributed by atoms with Gasteiger partial charge in [-0.25, -0.2) is 0 Å². The molecule has 2 heterocycles. The summed E-state index contributed by atoms with van der Waals surface area (Å²) in [4.78, 5) is 0. The molecule has 0 amide bonds. The van der Waals surface area contributed by atoms with Gasteiger partial charge in [0.25, 0.3) is 5.89 Å². The lowest BCUT2D eigenvalue weighted by Crippen LogP contribution is -2.10. The van der Waals surface area contributed by atoms with Crippen LogP contribution in [0.15, 0.2) is 28.7 Å². The van der Waals surface area contributed by atoms with E-state index in [1.807, 2.05) is 24.3 Å². The Morgan fingerprint density at radius 2 is 2.26 bits per heavy atom. The number of hydrogen-bond donors (Lipinski definition) is 1. The quantitative estimate of drug-likeness (QED) is 0.908. The molecular formula is C14H17N3O2. The van der Waals surface area contributed by atoms with Crippen LogP contribution in [0.3, 0.4) is 0 Å². The predicted octanol–water partition coefficient (Wildman–Crippen LogP) is 1.90. The molecule has 1 unspecified atom stereocenters. The molecule has 2 aromatic rings. The van der Waals surface area contributed by atoms with Gasteiger partial charge in [0.2, 0.25) is 5.89 Å². The maximum absolute atomic E-state index is 5.74. The van der Waals surface area contributed by atoms with Gasteiger partial charge in [0, 0.05) is 6.42 Å². The van der Waals surface area contributed by atoms with Crippen molar-refractivity contribution in [3.05, 3.63) is 30.2 Å². The summed E-state index contributed by atoms with van der Waals surface area (Å²) in [5, 5.41) is 11.6. The van der Waals surface area contributed by atoms with E-state index in [0.717, 1.165) is 30.8 Å². The first-order valence-corrected chi connectivity index (χ1v) is 6.53. The van der Waals surface area contributed by atoms with Crippen LogP contribution in [0, 0.1) is 5.92 Å². The maximum atomic E-state index is 5.74. The van der Waals surface area contributed by atoms with Crippen molar-refractivity contribution in [3.63, 3.8) is 0 Å². The first kappa shape index (κ1) is 12.2. The molecule has 1 aliphatic heterocycles. The number of hydrogen-bond acceptors (Lipinski definition) is 5. The highest BCUT2D eigenvalue weighted by atomic mass is 16.5. The van der Waals surface area contributed by atoms with E-state index in [9.17, 15) is 0 Å². The van der Waals surface area contributed by atoms with Crippen LogP contribution in [-0.4, -0.2) is 30.4 Å². The minimum Gasteiger partial charge on any atom is -0.496 e. The van der Waals surface area contributed by atoms with E-state index in [2.05, 4.69) is 15.5 Å². The van der Waals surface area contributed by atoms with Gasteiger partial charge in [-0.3, -0.25) is 0 Å². The number of methoxy groups -OCH3 is 1. The van der Waals surface area contributed by atoms with Crippen molar-refractivity contribution in [2.75, 3.05) is 20.2 Å². The van der Waals surface area contributed by atoms with Crippen molar-refractivity contribution in [1.82, 2.24) is 15.5 Å². The van der Waals surface area contributed by atoms with Gasteiger partial charge in [-0.15, -0.1) is 10.2 Å². The van der Waals surface area contributed by atoms with E-state index in [1.54, 1.807) is 7.11 Å². The molecular weight excluding hydrogens is 242 g/mol. The average Bonchev–Trinajstić information content (AvgIpc) is 3.11. The lowest BCUT2D eigenvalue weighted by Gasteiger charge is -2.04. The monoisotopic (exact) mass is 259 g/mol. The summed E-state index contributed by atoms with van der Waals surface area (Å²) in [6, 6.07) is 7.67. The third-order valence-electron chi connectivity index (χ3n) is 3.43. The van der Waals surface area contributed by atoms with Gasteiger partial charge >= 0.3 is 0 Å². The first-order valence-electron chi connectivity index (χ1n) is 6.53. The second kappa shape index (κ2) is 5.40. The van der Waals surface area contributed by atoms with Crippen molar-refractivity contribution >= 4 is 0 Å². The van der Waals surface area contributed by atoms with Gasteiger partial charge in [-0.2, -0.15) is 0 Å². The number of benzene rings is 1. The second-order valence-electron chi connectivity index (χ2n) is 4.76. The van der Waals surface area contributed by atoms with Gasteiger partial charge in [0.15, 0.2) is 0 Å². The Hall–Kier alpha value is -1.88. The SMILES string of the molecule is COc1ccccc1-c1nnc(CC2CCNC2)o1. The van der Waals surface area contributed by atoms with Crippen molar-refractivity contribution < 1.29 is 9.15 Å². The highest BCUT2D eigenvalue weighted by Crippen LogP contribution is 2.28. The lowest BCUT2D eigenvalue weighted by molar-refractivity contribution is 0.411. The van der Waals surface area contributed by atoms with Gasteiger partial charge in [0.1, 0.15) is 5.75 Å². The standard InChI is InChI=1S/C14H17N3O2/c1-18-12-5-3-2-4-11(12)14-17-16-13(19-14)8-10-6-7-15-9-10/h2-5,10,15H,6-9H2,1H3. The molecule has 1 N–H and O–H groups in total. The number of nitrogens with one attached hydrogen (secondary N) is 1. The fraction of sp³-hybridized carbons (Fsp3) is 0.429. The molecule has 1 saturated heterocycles. The molecule has 1 aromatic carbocycles. The summed E-state index contributed by atoms with van der Waals surface area (Å²) >= 11 is 0. The molecule has 0 radical (unpaired) electrons. The highest BCUT2D eigenvalue weighted by Gasteiger charge is 2.19. The number of rotatable bonds is 4. The number of ether oxygens (including phenoxy) is 1. The zero-order valence-electron chi connectivity index (χ0n) is 10.9. The predicted molar refractivity (Wildman–Crippen MR) is 71.0 cm³/mol.